The largest absolute Gasteiger partial charge is 0.420 e. The predicted octanol–water partition coefficient (Wildman–Crippen LogP) is 13.3. The summed E-state index contributed by atoms with van der Waals surface area (Å²) in [5.74, 6) is 0. The minimum absolute atomic E-state index is 0.125. The molecule has 0 saturated carbocycles. The van der Waals surface area contributed by atoms with Crippen molar-refractivity contribution in [1.82, 2.24) is 9.13 Å². The lowest BCUT2D eigenvalue weighted by Crippen LogP contribution is -2.16. The molecule has 0 amide bonds. The van der Waals surface area contributed by atoms with Crippen LogP contribution in [0.3, 0.4) is 0 Å². The second-order valence-electron chi connectivity index (χ2n) is 15.3. The standard InChI is InChI=1S/C54H26F3N7/c55-54(56,57)52-51(63-47-10-3-1-8-43(47)45-25-37(12-15-49(45)63)40-21-33(28-59)18-34(22-40)29-60)17-14-42(39-7-5-6-32(20-39)27-58)53(52)64-48-11-4-2-9-44(48)46-26-38(13-16-50(46)64)41-23-35(30-61)19-36(24-41)31-62/h1-26H. The summed E-state index contributed by atoms with van der Waals surface area (Å²) in [6.45, 7) is 0. The number of para-hydroxylation sites is 2. The zero-order valence-corrected chi connectivity index (χ0v) is 33.3. The van der Waals surface area contributed by atoms with E-state index in [0.717, 1.165) is 0 Å². The smallest absolute Gasteiger partial charge is 0.309 e. The van der Waals surface area contributed by atoms with Gasteiger partial charge in [-0.05, 0) is 119 Å². The van der Waals surface area contributed by atoms with E-state index in [9.17, 15) is 26.3 Å². The minimum atomic E-state index is -4.94. The molecule has 298 valence electrons. The number of hydrogen-bond donors (Lipinski definition) is 0. The number of alkyl halides is 3. The molecule has 0 fully saturated rings. The van der Waals surface area contributed by atoms with Crippen molar-refractivity contribution in [2.75, 3.05) is 0 Å². The molecule has 7 nitrogen and oxygen atoms in total. The number of hydrogen-bond acceptors (Lipinski definition) is 5. The van der Waals surface area contributed by atoms with E-state index in [2.05, 4.69) is 30.3 Å². The first-order valence-corrected chi connectivity index (χ1v) is 19.9. The molecular formula is C54H26F3N7. The third-order valence-electron chi connectivity index (χ3n) is 11.6. The van der Waals surface area contributed by atoms with Crippen molar-refractivity contribution in [1.29, 1.82) is 26.3 Å². The maximum atomic E-state index is 16.6. The first-order valence-electron chi connectivity index (χ1n) is 19.9. The molecule has 64 heavy (non-hydrogen) atoms. The monoisotopic (exact) mass is 829 g/mol. The Bertz CT molecular complexity index is 3790. The first kappa shape index (κ1) is 38.8. The van der Waals surface area contributed by atoms with Crippen LogP contribution in [-0.2, 0) is 6.18 Å². The molecular weight excluding hydrogens is 804 g/mol. The molecule has 0 bridgehead atoms. The Morgan fingerprint density at radius 3 is 1.31 bits per heavy atom. The molecule has 0 N–H and O–H groups in total. The fourth-order valence-electron chi connectivity index (χ4n) is 8.92. The number of nitrogens with zero attached hydrogens (tertiary/aromatic N) is 7. The van der Waals surface area contributed by atoms with Crippen LogP contribution in [0, 0.1) is 56.7 Å². The number of nitriles is 5. The van der Waals surface area contributed by atoms with Crippen LogP contribution < -0.4 is 0 Å². The van der Waals surface area contributed by atoms with Gasteiger partial charge in [-0.15, -0.1) is 0 Å². The Morgan fingerprint density at radius 2 is 0.812 bits per heavy atom. The van der Waals surface area contributed by atoms with Gasteiger partial charge >= 0.3 is 6.18 Å². The molecule has 0 aliphatic heterocycles. The van der Waals surface area contributed by atoms with Gasteiger partial charge in [0.05, 0.1) is 91.6 Å². The van der Waals surface area contributed by atoms with Gasteiger partial charge in [0.2, 0.25) is 0 Å². The molecule has 0 spiro atoms. The zero-order chi connectivity index (χ0) is 44.3. The molecule has 0 radical (unpaired) electrons. The van der Waals surface area contributed by atoms with Crippen LogP contribution in [0.2, 0.25) is 0 Å². The Labute approximate surface area is 363 Å². The second kappa shape index (κ2) is 14.9. The van der Waals surface area contributed by atoms with E-state index >= 15 is 13.2 Å². The summed E-state index contributed by atoms with van der Waals surface area (Å²) in [5.41, 5.74) is 5.56. The predicted molar refractivity (Wildman–Crippen MR) is 240 cm³/mol. The topological polar surface area (TPSA) is 129 Å². The average molecular weight is 830 g/mol. The van der Waals surface area contributed by atoms with Gasteiger partial charge < -0.3 is 9.13 Å². The summed E-state index contributed by atoms with van der Waals surface area (Å²) in [4.78, 5) is 0. The number of benzene rings is 8. The van der Waals surface area contributed by atoms with E-state index in [1.54, 1.807) is 112 Å². The van der Waals surface area contributed by atoms with Crippen LogP contribution in [0.25, 0.3) is 88.4 Å². The highest BCUT2D eigenvalue weighted by molar-refractivity contribution is 6.13. The van der Waals surface area contributed by atoms with Crippen molar-refractivity contribution >= 4 is 43.6 Å². The van der Waals surface area contributed by atoms with Gasteiger partial charge in [-0.2, -0.15) is 39.5 Å². The van der Waals surface area contributed by atoms with Crippen LogP contribution in [0.1, 0.15) is 33.4 Å². The van der Waals surface area contributed by atoms with Crippen LogP contribution in [0.15, 0.2) is 158 Å². The van der Waals surface area contributed by atoms with Crippen LogP contribution in [0.5, 0.6) is 0 Å². The highest BCUT2D eigenvalue weighted by Gasteiger charge is 2.40. The van der Waals surface area contributed by atoms with E-state index in [4.69, 9.17) is 0 Å². The third kappa shape index (κ3) is 6.26. The quantitative estimate of drug-likeness (QED) is 0.171. The molecule has 10 rings (SSSR count). The third-order valence-corrected chi connectivity index (χ3v) is 11.6. The van der Waals surface area contributed by atoms with E-state index in [0.29, 0.717) is 93.7 Å². The van der Waals surface area contributed by atoms with Gasteiger partial charge in [0.25, 0.3) is 0 Å². The van der Waals surface area contributed by atoms with Gasteiger partial charge in [0.1, 0.15) is 5.56 Å². The zero-order valence-electron chi connectivity index (χ0n) is 33.3. The van der Waals surface area contributed by atoms with Gasteiger partial charge in [-0.1, -0.05) is 66.7 Å². The normalized spacial score (nSPS) is 11.3. The summed E-state index contributed by atoms with van der Waals surface area (Å²) >= 11 is 0. The van der Waals surface area contributed by atoms with E-state index in [1.807, 2.05) is 36.4 Å². The van der Waals surface area contributed by atoms with Crippen molar-refractivity contribution in [2.24, 2.45) is 0 Å². The van der Waals surface area contributed by atoms with Crippen LogP contribution in [-0.4, -0.2) is 9.13 Å². The fraction of sp³-hybridized carbons (Fsp3) is 0.0185. The van der Waals surface area contributed by atoms with Crippen LogP contribution >= 0.6 is 0 Å². The molecule has 0 aliphatic carbocycles. The lowest BCUT2D eigenvalue weighted by molar-refractivity contribution is -0.137. The molecule has 0 atom stereocenters. The Hall–Kier alpha value is -9.40. The number of halogens is 3. The maximum Gasteiger partial charge on any atom is 0.420 e. The Balaban J connectivity index is 1.31. The van der Waals surface area contributed by atoms with Crippen molar-refractivity contribution in [3.05, 3.63) is 191 Å². The molecule has 2 aromatic heterocycles. The Kier molecular flexibility index (Phi) is 9.06. The second-order valence-corrected chi connectivity index (χ2v) is 15.3. The molecule has 0 saturated heterocycles. The van der Waals surface area contributed by atoms with E-state index < -0.39 is 11.7 Å². The highest BCUT2D eigenvalue weighted by atomic mass is 19.4. The van der Waals surface area contributed by atoms with Gasteiger partial charge in [-0.25, -0.2) is 0 Å². The summed E-state index contributed by atoms with van der Waals surface area (Å²) in [6, 6.07) is 55.3. The fourth-order valence-corrected chi connectivity index (χ4v) is 8.92. The summed E-state index contributed by atoms with van der Waals surface area (Å²) in [7, 11) is 0. The van der Waals surface area contributed by atoms with Crippen LogP contribution in [0.4, 0.5) is 13.2 Å². The SMILES string of the molecule is N#Cc1cc(C#N)cc(-c2ccc3c(c2)c2ccccc2n3-c2ccc(-c3cccc(C#N)c3)c(-n3c4ccccc4c4cc(-c5cc(C#N)cc(C#N)c5)ccc43)c2C(F)(F)F)c1. The van der Waals surface area contributed by atoms with E-state index in [-0.39, 0.29) is 22.5 Å². The van der Waals surface area contributed by atoms with Crippen molar-refractivity contribution in [2.45, 2.75) is 6.18 Å². The molecule has 8 aromatic carbocycles. The van der Waals surface area contributed by atoms with Gasteiger partial charge in [0, 0.05) is 27.1 Å². The average Bonchev–Trinajstić information content (AvgIpc) is 3.84. The lowest BCUT2D eigenvalue weighted by atomic mass is 9.96. The first-order chi connectivity index (χ1) is 31.1. The molecule has 0 aliphatic rings. The molecule has 2 heterocycles. The lowest BCUT2D eigenvalue weighted by Gasteiger charge is -2.24. The number of rotatable bonds is 5. The minimum Gasteiger partial charge on any atom is -0.309 e. The van der Waals surface area contributed by atoms with Crippen molar-refractivity contribution in [3.8, 4) is 75.1 Å². The maximum absolute atomic E-state index is 16.6. The summed E-state index contributed by atoms with van der Waals surface area (Å²) < 4.78 is 53.1. The number of aromatic nitrogens is 2. The molecule has 0 unspecified atom stereocenters. The van der Waals surface area contributed by atoms with Gasteiger partial charge in [-0.3, -0.25) is 0 Å². The Morgan fingerprint density at radius 1 is 0.359 bits per heavy atom. The molecule has 10 aromatic rings. The number of fused-ring (bicyclic) bond motifs is 6. The summed E-state index contributed by atoms with van der Waals surface area (Å²) in [5, 5.41) is 51.5. The van der Waals surface area contributed by atoms with E-state index in [1.165, 1.54) is 18.2 Å². The molecule has 10 heteroatoms. The van der Waals surface area contributed by atoms with Crippen molar-refractivity contribution < 1.29 is 13.2 Å². The van der Waals surface area contributed by atoms with Gasteiger partial charge in [0.15, 0.2) is 0 Å². The summed E-state index contributed by atoms with van der Waals surface area (Å²) in [6.07, 6.45) is -4.94. The highest BCUT2D eigenvalue weighted by Crippen LogP contribution is 2.48. The van der Waals surface area contributed by atoms with Crippen molar-refractivity contribution in [3.63, 3.8) is 0 Å².